The van der Waals surface area contributed by atoms with E-state index in [2.05, 4.69) is 0 Å². The molecule has 2 rings (SSSR count). The molecule has 2 atom stereocenters. The summed E-state index contributed by atoms with van der Waals surface area (Å²) >= 11 is 0.941. The van der Waals surface area contributed by atoms with Crippen LogP contribution in [-0.4, -0.2) is 32.3 Å². The number of rotatable bonds is 4. The predicted molar refractivity (Wildman–Crippen MR) is 79.7 cm³/mol. The van der Waals surface area contributed by atoms with Gasteiger partial charge in [0.25, 0.3) is 0 Å². The van der Waals surface area contributed by atoms with Gasteiger partial charge in [0, 0.05) is 23.6 Å². The van der Waals surface area contributed by atoms with Crippen LogP contribution < -0.4 is 0 Å². The van der Waals surface area contributed by atoms with E-state index in [1.54, 1.807) is 24.3 Å². The molecular formula is C15H16O4S. The largest absolute Gasteiger partial charge is 0.507 e. The van der Waals surface area contributed by atoms with Gasteiger partial charge in [-0.3, -0.25) is 4.79 Å². The lowest BCUT2D eigenvalue weighted by molar-refractivity contribution is -0.109. The molecule has 0 amide bonds. The van der Waals surface area contributed by atoms with Crippen LogP contribution in [0.25, 0.3) is 10.8 Å². The second kappa shape index (κ2) is 6.26. The van der Waals surface area contributed by atoms with Crippen LogP contribution in [0.3, 0.4) is 0 Å². The van der Waals surface area contributed by atoms with E-state index in [9.17, 15) is 20.1 Å². The van der Waals surface area contributed by atoms with Crippen LogP contribution >= 0.6 is 11.8 Å². The fourth-order valence-corrected chi connectivity index (χ4v) is 2.60. The summed E-state index contributed by atoms with van der Waals surface area (Å²) in [6, 6.07) is 10.6. The number of hydrogen-bond donors (Lipinski definition) is 3. The minimum Gasteiger partial charge on any atom is -0.507 e. The molecule has 4 nitrogen and oxygen atoms in total. The number of thioether (sulfide) groups is 1. The fourth-order valence-electron chi connectivity index (χ4n) is 2.01. The van der Waals surface area contributed by atoms with E-state index in [0.29, 0.717) is 5.39 Å². The Labute approximate surface area is 121 Å². The molecule has 0 aliphatic heterocycles. The van der Waals surface area contributed by atoms with Gasteiger partial charge in [-0.2, -0.15) is 0 Å². The third-order valence-electron chi connectivity index (χ3n) is 3.07. The maximum absolute atomic E-state index is 10.9. The number of hydrogen-bond acceptors (Lipinski definition) is 5. The molecular weight excluding hydrogens is 276 g/mol. The second-order valence-corrected chi connectivity index (χ2v) is 5.74. The van der Waals surface area contributed by atoms with E-state index < -0.39 is 12.2 Å². The molecule has 0 fully saturated rings. The van der Waals surface area contributed by atoms with Crippen molar-refractivity contribution in [3.05, 3.63) is 42.0 Å². The highest BCUT2D eigenvalue weighted by molar-refractivity contribution is 8.13. The zero-order chi connectivity index (χ0) is 14.7. The summed E-state index contributed by atoms with van der Waals surface area (Å²) in [7, 11) is 0. The number of aliphatic hydroxyl groups is 2. The Kier molecular flexibility index (Phi) is 4.65. The van der Waals surface area contributed by atoms with Crippen LogP contribution in [0.2, 0.25) is 0 Å². The van der Waals surface area contributed by atoms with Crippen LogP contribution in [-0.2, 0) is 4.79 Å². The van der Waals surface area contributed by atoms with Gasteiger partial charge in [-0.25, -0.2) is 0 Å². The van der Waals surface area contributed by atoms with Crippen molar-refractivity contribution in [2.75, 3.05) is 5.75 Å². The minimum absolute atomic E-state index is 0.0394. The van der Waals surface area contributed by atoms with Crippen molar-refractivity contribution in [1.82, 2.24) is 0 Å². The molecule has 0 spiro atoms. The van der Waals surface area contributed by atoms with Gasteiger partial charge < -0.3 is 15.3 Å². The molecule has 0 aromatic heterocycles. The highest BCUT2D eigenvalue weighted by Crippen LogP contribution is 2.34. The predicted octanol–water partition coefficient (Wildman–Crippen LogP) is 2.22. The number of aromatic hydroxyl groups is 1. The lowest BCUT2D eigenvalue weighted by Crippen LogP contribution is -2.21. The van der Waals surface area contributed by atoms with Gasteiger partial charge in [0.15, 0.2) is 5.12 Å². The van der Waals surface area contributed by atoms with Crippen molar-refractivity contribution in [1.29, 1.82) is 0 Å². The van der Waals surface area contributed by atoms with Crippen molar-refractivity contribution in [2.45, 2.75) is 19.1 Å². The summed E-state index contributed by atoms with van der Waals surface area (Å²) in [5.41, 5.74) is 0.264. The number of carbonyl (C=O) groups excluding carboxylic acids is 1. The molecule has 106 valence electrons. The van der Waals surface area contributed by atoms with Crippen LogP contribution in [0.1, 0.15) is 18.6 Å². The van der Waals surface area contributed by atoms with Crippen LogP contribution in [0.4, 0.5) is 0 Å². The topological polar surface area (TPSA) is 77.8 Å². The Hall–Kier alpha value is -1.56. The van der Waals surface area contributed by atoms with Crippen molar-refractivity contribution in [3.8, 4) is 5.75 Å². The molecule has 0 heterocycles. The molecule has 2 aromatic rings. The smallest absolute Gasteiger partial charge is 0.185 e. The number of phenols is 1. The van der Waals surface area contributed by atoms with Crippen molar-refractivity contribution < 1.29 is 20.1 Å². The van der Waals surface area contributed by atoms with E-state index >= 15 is 0 Å². The lowest BCUT2D eigenvalue weighted by atomic mass is 9.99. The van der Waals surface area contributed by atoms with Gasteiger partial charge in [-0.15, -0.1) is 0 Å². The summed E-state index contributed by atoms with van der Waals surface area (Å²) in [6.07, 6.45) is -2.34. The fraction of sp³-hybridized carbons (Fsp3) is 0.267. The average molecular weight is 292 g/mol. The van der Waals surface area contributed by atoms with Crippen LogP contribution in [0.5, 0.6) is 5.75 Å². The lowest BCUT2D eigenvalue weighted by Gasteiger charge is -2.19. The molecule has 3 N–H and O–H groups in total. The summed E-state index contributed by atoms with van der Waals surface area (Å²) in [6.45, 7) is 1.40. The van der Waals surface area contributed by atoms with E-state index in [1.807, 2.05) is 12.1 Å². The van der Waals surface area contributed by atoms with Crippen molar-refractivity contribution >= 4 is 27.6 Å². The SMILES string of the molecule is CC(=O)SCC(O)C(O)c1ccc2ccccc2c1O. The third kappa shape index (κ3) is 3.12. The first-order chi connectivity index (χ1) is 9.50. The molecule has 0 radical (unpaired) electrons. The number of benzene rings is 2. The summed E-state index contributed by atoms with van der Waals surface area (Å²) in [4.78, 5) is 10.9. The summed E-state index contributed by atoms with van der Waals surface area (Å²) < 4.78 is 0. The number of carbonyl (C=O) groups is 1. The highest BCUT2D eigenvalue weighted by atomic mass is 32.2. The van der Waals surface area contributed by atoms with E-state index in [0.717, 1.165) is 17.1 Å². The van der Waals surface area contributed by atoms with Crippen LogP contribution in [0.15, 0.2) is 36.4 Å². The molecule has 0 aliphatic carbocycles. The highest BCUT2D eigenvalue weighted by Gasteiger charge is 2.22. The van der Waals surface area contributed by atoms with Gasteiger partial charge in [0.2, 0.25) is 0 Å². The summed E-state index contributed by atoms with van der Waals surface area (Å²) in [5, 5.41) is 31.5. The first-order valence-electron chi connectivity index (χ1n) is 6.21. The standard InChI is InChI=1S/C15H16O4S/c1-9(16)20-8-13(17)15(19)12-7-6-10-4-2-3-5-11(10)14(12)18/h2-7,13,15,17-19H,8H2,1H3. The minimum atomic E-state index is -1.23. The maximum Gasteiger partial charge on any atom is 0.185 e. The summed E-state index contributed by atoms with van der Waals surface area (Å²) in [5.74, 6) is 0.0467. The molecule has 2 unspecified atom stereocenters. The van der Waals surface area contributed by atoms with Gasteiger partial charge in [-0.1, -0.05) is 48.2 Å². The van der Waals surface area contributed by atoms with Crippen LogP contribution in [0, 0.1) is 0 Å². The number of aliphatic hydroxyl groups excluding tert-OH is 2. The van der Waals surface area contributed by atoms with E-state index in [-0.39, 0.29) is 22.2 Å². The molecule has 0 aliphatic rings. The van der Waals surface area contributed by atoms with Gasteiger partial charge in [0.05, 0.1) is 6.10 Å². The van der Waals surface area contributed by atoms with Gasteiger partial charge >= 0.3 is 0 Å². The van der Waals surface area contributed by atoms with Gasteiger partial charge in [0.1, 0.15) is 11.9 Å². The average Bonchev–Trinajstić information content (AvgIpc) is 2.44. The van der Waals surface area contributed by atoms with E-state index in [1.165, 1.54) is 6.92 Å². The van der Waals surface area contributed by atoms with E-state index in [4.69, 9.17) is 0 Å². The van der Waals surface area contributed by atoms with Crippen molar-refractivity contribution in [2.24, 2.45) is 0 Å². The van der Waals surface area contributed by atoms with Gasteiger partial charge in [-0.05, 0) is 5.39 Å². The Bertz CT molecular complexity index is 626. The molecule has 0 saturated heterocycles. The quantitative estimate of drug-likeness (QED) is 0.805. The zero-order valence-corrected chi connectivity index (χ0v) is 11.8. The Morgan fingerprint density at radius 1 is 1.20 bits per heavy atom. The first kappa shape index (κ1) is 14.8. The molecule has 0 saturated carbocycles. The monoisotopic (exact) mass is 292 g/mol. The molecule has 5 heteroatoms. The molecule has 20 heavy (non-hydrogen) atoms. The maximum atomic E-state index is 10.9. The zero-order valence-electron chi connectivity index (χ0n) is 11.0. The second-order valence-electron chi connectivity index (χ2n) is 4.54. The number of fused-ring (bicyclic) bond motifs is 1. The number of phenolic OH excluding ortho intramolecular Hbond substituents is 1. The molecule has 0 bridgehead atoms. The normalized spacial score (nSPS) is 14.2. The Balaban J connectivity index is 2.28. The first-order valence-corrected chi connectivity index (χ1v) is 7.19. The van der Waals surface area contributed by atoms with Crippen molar-refractivity contribution in [3.63, 3.8) is 0 Å². The molecule has 2 aromatic carbocycles. The Morgan fingerprint density at radius 3 is 2.60 bits per heavy atom. The Morgan fingerprint density at radius 2 is 1.90 bits per heavy atom. The third-order valence-corrected chi connectivity index (χ3v) is 3.99.